The molecule has 7 nitrogen and oxygen atoms in total. The van der Waals surface area contributed by atoms with Crippen LogP contribution in [0.1, 0.15) is 22.3 Å². The van der Waals surface area contributed by atoms with Crippen molar-refractivity contribution in [1.29, 1.82) is 0 Å². The monoisotopic (exact) mass is 414 g/mol. The molecule has 0 fully saturated rings. The van der Waals surface area contributed by atoms with E-state index in [-0.39, 0.29) is 17.3 Å². The lowest BCUT2D eigenvalue weighted by Crippen LogP contribution is -2.05. The highest BCUT2D eigenvalue weighted by atomic mass is 16.6. The first-order valence-electron chi connectivity index (χ1n) is 9.54. The summed E-state index contributed by atoms with van der Waals surface area (Å²) in [5.74, 6) is 0.193. The van der Waals surface area contributed by atoms with Crippen molar-refractivity contribution in [2.75, 3.05) is 0 Å². The summed E-state index contributed by atoms with van der Waals surface area (Å²) in [6.07, 6.45) is 1.61. The van der Waals surface area contributed by atoms with Crippen LogP contribution in [0.25, 0.3) is 6.08 Å². The van der Waals surface area contributed by atoms with E-state index in [4.69, 9.17) is 9.47 Å². The van der Waals surface area contributed by atoms with E-state index < -0.39 is 10.9 Å². The van der Waals surface area contributed by atoms with Gasteiger partial charge in [-0.3, -0.25) is 10.1 Å². The van der Waals surface area contributed by atoms with E-state index in [1.54, 1.807) is 6.08 Å². The van der Waals surface area contributed by atoms with Crippen LogP contribution in [0.5, 0.6) is 5.75 Å². The molecule has 0 aliphatic carbocycles. The molecule has 0 bridgehead atoms. The van der Waals surface area contributed by atoms with E-state index in [0.29, 0.717) is 17.9 Å². The van der Waals surface area contributed by atoms with Gasteiger partial charge in [0.15, 0.2) is 5.70 Å². The van der Waals surface area contributed by atoms with Crippen molar-refractivity contribution in [3.8, 4) is 5.75 Å². The maximum atomic E-state index is 12.2. The maximum absolute atomic E-state index is 12.2. The van der Waals surface area contributed by atoms with Gasteiger partial charge in [-0.25, -0.2) is 9.79 Å². The lowest BCUT2D eigenvalue weighted by Gasteiger charge is -2.07. The fraction of sp³-hybridized carbons (Fsp3) is 0.0833. The van der Waals surface area contributed by atoms with Gasteiger partial charge in [0.1, 0.15) is 12.4 Å². The summed E-state index contributed by atoms with van der Waals surface area (Å²) in [6.45, 7) is 2.47. The van der Waals surface area contributed by atoms with Gasteiger partial charge in [-0.2, -0.15) is 0 Å². The van der Waals surface area contributed by atoms with Crippen LogP contribution in [0, 0.1) is 17.0 Å². The minimum Gasteiger partial charge on any atom is -0.489 e. The zero-order chi connectivity index (χ0) is 21.8. The number of nitro groups is 1. The Kier molecular flexibility index (Phi) is 5.57. The van der Waals surface area contributed by atoms with Gasteiger partial charge in [-0.1, -0.05) is 42.0 Å². The number of hydrogen-bond acceptors (Lipinski definition) is 6. The molecule has 1 aliphatic rings. The zero-order valence-corrected chi connectivity index (χ0v) is 16.6. The molecule has 154 valence electrons. The summed E-state index contributed by atoms with van der Waals surface area (Å²) < 4.78 is 11.1. The molecule has 1 aliphatic heterocycles. The van der Waals surface area contributed by atoms with Crippen LogP contribution in [0.15, 0.2) is 83.5 Å². The average Bonchev–Trinajstić information content (AvgIpc) is 3.14. The molecule has 4 rings (SSSR count). The number of cyclic esters (lactones) is 1. The zero-order valence-electron chi connectivity index (χ0n) is 16.6. The highest BCUT2D eigenvalue weighted by molar-refractivity contribution is 6.12. The van der Waals surface area contributed by atoms with Gasteiger partial charge in [-0.15, -0.1) is 0 Å². The topological polar surface area (TPSA) is 91.0 Å². The molecule has 0 unspecified atom stereocenters. The minimum atomic E-state index is -0.584. The second-order valence-electron chi connectivity index (χ2n) is 6.99. The highest BCUT2D eigenvalue weighted by Gasteiger charge is 2.24. The van der Waals surface area contributed by atoms with Crippen LogP contribution < -0.4 is 4.74 Å². The summed E-state index contributed by atoms with van der Waals surface area (Å²) in [7, 11) is 0. The van der Waals surface area contributed by atoms with Crippen molar-refractivity contribution in [3.05, 3.63) is 111 Å². The molecule has 0 saturated carbocycles. The molecule has 3 aromatic carbocycles. The third-order valence-electron chi connectivity index (χ3n) is 4.63. The number of hydrogen-bond donors (Lipinski definition) is 0. The maximum Gasteiger partial charge on any atom is 0.363 e. The number of nitro benzene ring substituents is 1. The van der Waals surface area contributed by atoms with Crippen molar-refractivity contribution < 1.29 is 19.2 Å². The number of carbonyl (C=O) groups is 1. The molecule has 0 N–H and O–H groups in total. The molecular weight excluding hydrogens is 396 g/mol. The van der Waals surface area contributed by atoms with Crippen LogP contribution in [-0.2, 0) is 16.1 Å². The molecule has 0 aromatic heterocycles. The van der Waals surface area contributed by atoms with Crippen LogP contribution >= 0.6 is 0 Å². The standard InChI is InChI=1S/C24H18N2O5/c1-16-5-7-17(8-6-16)15-30-21-4-2-3-18(13-21)14-22-24(27)31-23(25-22)19-9-11-20(12-10-19)26(28)29/h2-14H,15H2,1H3/b22-14-. The summed E-state index contributed by atoms with van der Waals surface area (Å²) in [4.78, 5) is 26.7. The fourth-order valence-corrected chi connectivity index (χ4v) is 2.96. The highest BCUT2D eigenvalue weighted by Crippen LogP contribution is 2.23. The predicted octanol–water partition coefficient (Wildman–Crippen LogP) is 4.83. The SMILES string of the molecule is Cc1ccc(COc2cccc(/C=C3\N=C(c4ccc([N+](=O)[O-])cc4)OC3=O)c2)cc1. The molecule has 0 atom stereocenters. The van der Waals surface area contributed by atoms with E-state index >= 15 is 0 Å². The number of esters is 1. The Hall–Kier alpha value is -4.26. The van der Waals surface area contributed by atoms with Crippen molar-refractivity contribution in [2.45, 2.75) is 13.5 Å². The Balaban J connectivity index is 1.49. The number of carbonyl (C=O) groups excluding carboxylic acids is 1. The van der Waals surface area contributed by atoms with Gasteiger partial charge >= 0.3 is 5.97 Å². The first-order chi connectivity index (χ1) is 15.0. The Morgan fingerprint density at radius 1 is 1.06 bits per heavy atom. The van der Waals surface area contributed by atoms with Crippen LogP contribution in [0.3, 0.4) is 0 Å². The molecule has 1 heterocycles. The first-order valence-corrected chi connectivity index (χ1v) is 9.54. The molecule has 3 aromatic rings. The number of rotatable bonds is 6. The number of ether oxygens (including phenoxy) is 2. The van der Waals surface area contributed by atoms with Gasteiger partial charge in [0.2, 0.25) is 5.90 Å². The van der Waals surface area contributed by atoms with Crippen molar-refractivity contribution in [3.63, 3.8) is 0 Å². The normalized spacial score (nSPS) is 14.3. The predicted molar refractivity (Wildman–Crippen MR) is 116 cm³/mol. The van der Waals surface area contributed by atoms with E-state index in [2.05, 4.69) is 4.99 Å². The van der Waals surface area contributed by atoms with Crippen molar-refractivity contribution in [1.82, 2.24) is 0 Å². The van der Waals surface area contributed by atoms with Crippen molar-refractivity contribution in [2.24, 2.45) is 4.99 Å². The quantitative estimate of drug-likeness (QED) is 0.249. The van der Waals surface area contributed by atoms with Crippen LogP contribution in [0.4, 0.5) is 5.69 Å². The third-order valence-corrected chi connectivity index (χ3v) is 4.63. The number of aryl methyl sites for hydroxylation is 1. The Morgan fingerprint density at radius 3 is 2.52 bits per heavy atom. The van der Waals surface area contributed by atoms with Crippen LogP contribution in [0.2, 0.25) is 0 Å². The summed E-state index contributed by atoms with van der Waals surface area (Å²) >= 11 is 0. The molecular formula is C24H18N2O5. The molecule has 0 saturated heterocycles. The van der Waals surface area contributed by atoms with Gasteiger partial charge in [-0.05, 0) is 48.4 Å². The largest absolute Gasteiger partial charge is 0.489 e. The van der Waals surface area contributed by atoms with E-state index in [1.807, 2.05) is 55.5 Å². The third kappa shape index (κ3) is 4.84. The Labute approximate surface area is 178 Å². The van der Waals surface area contributed by atoms with Gasteiger partial charge in [0.05, 0.1) is 4.92 Å². The summed E-state index contributed by atoms with van der Waals surface area (Å²) in [6, 6.07) is 21.1. The van der Waals surface area contributed by atoms with E-state index in [1.165, 1.54) is 29.8 Å². The minimum absolute atomic E-state index is 0.0492. The van der Waals surface area contributed by atoms with Gasteiger partial charge < -0.3 is 9.47 Å². The molecule has 0 radical (unpaired) electrons. The van der Waals surface area contributed by atoms with E-state index in [9.17, 15) is 14.9 Å². The number of non-ortho nitro benzene ring substituents is 1. The fourth-order valence-electron chi connectivity index (χ4n) is 2.96. The average molecular weight is 414 g/mol. The number of nitrogens with zero attached hydrogens (tertiary/aromatic N) is 2. The van der Waals surface area contributed by atoms with Crippen molar-refractivity contribution >= 4 is 23.6 Å². The lowest BCUT2D eigenvalue weighted by molar-refractivity contribution is -0.384. The molecule has 31 heavy (non-hydrogen) atoms. The Bertz CT molecular complexity index is 1200. The van der Waals surface area contributed by atoms with Crippen LogP contribution in [-0.4, -0.2) is 16.8 Å². The van der Waals surface area contributed by atoms with E-state index in [0.717, 1.165) is 11.1 Å². The second kappa shape index (κ2) is 8.62. The van der Waals surface area contributed by atoms with Gasteiger partial charge in [0, 0.05) is 17.7 Å². The molecule has 0 amide bonds. The van der Waals surface area contributed by atoms with Gasteiger partial charge in [0.25, 0.3) is 5.69 Å². The summed E-state index contributed by atoms with van der Waals surface area (Å²) in [5.41, 5.74) is 3.57. The summed E-state index contributed by atoms with van der Waals surface area (Å²) in [5, 5.41) is 10.8. The number of benzene rings is 3. The smallest absolute Gasteiger partial charge is 0.363 e. The molecule has 7 heteroatoms. The number of aliphatic imine (C=N–C) groups is 1. The first kappa shape index (κ1) is 20.0. The Morgan fingerprint density at radius 2 is 1.81 bits per heavy atom. The second-order valence-corrected chi connectivity index (χ2v) is 6.99. The lowest BCUT2D eigenvalue weighted by atomic mass is 10.1. The molecule has 0 spiro atoms.